The fraction of sp³-hybridized carbons (Fsp3) is 0.250. The Morgan fingerprint density at radius 1 is 1.06 bits per heavy atom. The molecule has 0 spiro atoms. The first-order valence-corrected chi connectivity index (χ1v) is 6.34. The van der Waals surface area contributed by atoms with E-state index in [0.717, 1.165) is 0 Å². The largest absolute Gasteiger partial charge is 0.378 e. The van der Waals surface area contributed by atoms with Gasteiger partial charge < -0.3 is 5.32 Å². The van der Waals surface area contributed by atoms with Crippen LogP contribution in [0.3, 0.4) is 0 Å². The minimum atomic E-state index is 0.503. The summed E-state index contributed by atoms with van der Waals surface area (Å²) in [5.74, 6) is 1.23. The van der Waals surface area contributed by atoms with Crippen LogP contribution in [0.1, 0.15) is 23.6 Å². The normalized spacial score (nSPS) is 32.2. The van der Waals surface area contributed by atoms with Gasteiger partial charge in [-0.05, 0) is 17.9 Å². The van der Waals surface area contributed by atoms with Crippen LogP contribution in [0.25, 0.3) is 5.70 Å². The van der Waals surface area contributed by atoms with Crippen LogP contribution in [0.4, 0.5) is 0 Å². The highest BCUT2D eigenvalue weighted by Crippen LogP contribution is 2.43. The molecule has 0 saturated heterocycles. The van der Waals surface area contributed by atoms with Gasteiger partial charge in [-0.3, -0.25) is 0 Å². The van der Waals surface area contributed by atoms with Gasteiger partial charge in [-0.15, -0.1) is 0 Å². The second-order valence-electron chi connectivity index (χ2n) is 5.11. The fourth-order valence-corrected chi connectivity index (χ4v) is 3.26. The molecule has 2 heterocycles. The predicted molar refractivity (Wildman–Crippen MR) is 70.2 cm³/mol. The summed E-state index contributed by atoms with van der Waals surface area (Å²) in [5.41, 5.74) is 4.21. The molecule has 3 aliphatic rings. The van der Waals surface area contributed by atoms with E-state index in [1.165, 1.54) is 23.2 Å². The first-order valence-electron chi connectivity index (χ1n) is 6.34. The van der Waals surface area contributed by atoms with Crippen molar-refractivity contribution in [1.82, 2.24) is 5.32 Å². The van der Waals surface area contributed by atoms with Crippen LogP contribution >= 0.6 is 0 Å². The zero-order chi connectivity index (χ0) is 11.2. The van der Waals surface area contributed by atoms with E-state index in [9.17, 15) is 0 Å². The fourth-order valence-electron chi connectivity index (χ4n) is 3.26. The van der Waals surface area contributed by atoms with Crippen molar-refractivity contribution in [3.05, 3.63) is 65.8 Å². The molecular weight excluding hydrogens is 206 g/mol. The number of allylic oxidation sites excluding steroid dienone is 5. The third-order valence-electron chi connectivity index (χ3n) is 4.12. The standard InChI is InChI=1S/C16H15N/c1-2-6-12-10-16-14-8-4-3-7-13(14)15(17-16)9-11(12)5-1/h1-9,11-12,16-17H,10H2. The molecule has 2 bridgehead atoms. The third kappa shape index (κ3) is 1.32. The molecule has 1 aromatic rings. The molecule has 1 aromatic carbocycles. The SMILES string of the molecule is C1=CC2C=C3NC(CC2C=C1)c1ccccc13. The minimum Gasteiger partial charge on any atom is -0.378 e. The van der Waals surface area contributed by atoms with Gasteiger partial charge in [0.15, 0.2) is 0 Å². The van der Waals surface area contributed by atoms with Gasteiger partial charge in [0.25, 0.3) is 0 Å². The van der Waals surface area contributed by atoms with Gasteiger partial charge in [0.2, 0.25) is 0 Å². The molecule has 1 heteroatoms. The summed E-state index contributed by atoms with van der Waals surface area (Å²) in [4.78, 5) is 0. The molecule has 1 N–H and O–H groups in total. The molecule has 17 heavy (non-hydrogen) atoms. The minimum absolute atomic E-state index is 0.503. The van der Waals surface area contributed by atoms with Gasteiger partial charge in [-0.25, -0.2) is 0 Å². The first kappa shape index (κ1) is 9.29. The van der Waals surface area contributed by atoms with Crippen molar-refractivity contribution in [2.45, 2.75) is 12.5 Å². The molecule has 3 unspecified atom stereocenters. The summed E-state index contributed by atoms with van der Waals surface area (Å²) >= 11 is 0. The third-order valence-corrected chi connectivity index (χ3v) is 4.12. The molecule has 0 radical (unpaired) electrons. The Labute approximate surface area is 102 Å². The van der Waals surface area contributed by atoms with E-state index < -0.39 is 0 Å². The molecule has 0 fully saturated rings. The van der Waals surface area contributed by atoms with Gasteiger partial charge in [0.05, 0.1) is 6.04 Å². The Balaban J connectivity index is 1.86. The van der Waals surface area contributed by atoms with Crippen molar-refractivity contribution in [3.8, 4) is 0 Å². The maximum atomic E-state index is 3.67. The zero-order valence-corrected chi connectivity index (χ0v) is 9.64. The lowest BCUT2D eigenvalue weighted by Crippen LogP contribution is -2.16. The Kier molecular flexibility index (Phi) is 1.84. The number of rotatable bonds is 0. The van der Waals surface area contributed by atoms with Crippen molar-refractivity contribution < 1.29 is 0 Å². The highest BCUT2D eigenvalue weighted by Gasteiger charge is 2.33. The second kappa shape index (κ2) is 3.36. The Hall–Kier alpha value is -1.76. The average molecular weight is 221 g/mol. The number of hydrogen-bond acceptors (Lipinski definition) is 1. The van der Waals surface area contributed by atoms with Gasteiger partial charge >= 0.3 is 0 Å². The molecule has 2 aliphatic heterocycles. The van der Waals surface area contributed by atoms with Gasteiger partial charge in [0, 0.05) is 17.2 Å². The monoisotopic (exact) mass is 221 g/mol. The Bertz CT molecular complexity index is 550. The van der Waals surface area contributed by atoms with Crippen LogP contribution in [0, 0.1) is 11.8 Å². The summed E-state index contributed by atoms with van der Waals surface area (Å²) < 4.78 is 0. The van der Waals surface area contributed by atoms with Crippen LogP contribution in [-0.2, 0) is 0 Å². The summed E-state index contributed by atoms with van der Waals surface area (Å²) in [6, 6.07) is 9.27. The van der Waals surface area contributed by atoms with E-state index in [1.54, 1.807) is 0 Å². The summed E-state index contributed by atoms with van der Waals surface area (Å²) in [6.07, 6.45) is 12.6. The lowest BCUT2D eigenvalue weighted by Gasteiger charge is -2.23. The molecule has 0 saturated carbocycles. The van der Waals surface area contributed by atoms with Crippen LogP contribution in [0.15, 0.2) is 54.6 Å². The van der Waals surface area contributed by atoms with Gasteiger partial charge in [-0.2, -0.15) is 0 Å². The zero-order valence-electron chi connectivity index (χ0n) is 9.64. The number of fused-ring (bicyclic) bond motifs is 6. The number of hydrogen-bond donors (Lipinski definition) is 1. The van der Waals surface area contributed by atoms with E-state index in [2.05, 4.69) is 60.0 Å². The first-order chi connectivity index (χ1) is 8.42. The second-order valence-corrected chi connectivity index (χ2v) is 5.11. The maximum Gasteiger partial charge on any atom is 0.0526 e. The summed E-state index contributed by atoms with van der Waals surface area (Å²) in [7, 11) is 0. The van der Waals surface area contributed by atoms with Crippen LogP contribution < -0.4 is 5.32 Å². The van der Waals surface area contributed by atoms with Gasteiger partial charge in [0.1, 0.15) is 0 Å². The molecule has 0 amide bonds. The molecule has 84 valence electrons. The highest BCUT2D eigenvalue weighted by molar-refractivity contribution is 5.73. The molecule has 0 aromatic heterocycles. The van der Waals surface area contributed by atoms with Crippen molar-refractivity contribution in [2.24, 2.45) is 11.8 Å². The Morgan fingerprint density at radius 3 is 2.94 bits per heavy atom. The molecule has 1 aliphatic carbocycles. The topological polar surface area (TPSA) is 12.0 Å². The number of nitrogens with one attached hydrogen (secondary N) is 1. The van der Waals surface area contributed by atoms with Crippen molar-refractivity contribution in [1.29, 1.82) is 0 Å². The van der Waals surface area contributed by atoms with Crippen LogP contribution in [-0.4, -0.2) is 0 Å². The quantitative estimate of drug-likeness (QED) is 0.707. The summed E-state index contributed by atoms with van der Waals surface area (Å²) in [5, 5.41) is 3.67. The Morgan fingerprint density at radius 2 is 1.94 bits per heavy atom. The van der Waals surface area contributed by atoms with E-state index >= 15 is 0 Å². The van der Waals surface area contributed by atoms with Gasteiger partial charge in [-0.1, -0.05) is 54.6 Å². The van der Waals surface area contributed by atoms with Crippen LogP contribution in [0.2, 0.25) is 0 Å². The van der Waals surface area contributed by atoms with Crippen molar-refractivity contribution in [2.75, 3.05) is 0 Å². The highest BCUT2D eigenvalue weighted by atomic mass is 15.0. The number of benzene rings is 1. The molecular formula is C16H15N. The lowest BCUT2D eigenvalue weighted by molar-refractivity contribution is 0.454. The molecule has 4 rings (SSSR count). The van der Waals surface area contributed by atoms with E-state index in [1.807, 2.05) is 0 Å². The summed E-state index contributed by atoms with van der Waals surface area (Å²) in [6.45, 7) is 0. The maximum absolute atomic E-state index is 3.67. The molecule has 3 atom stereocenters. The van der Waals surface area contributed by atoms with E-state index in [-0.39, 0.29) is 0 Å². The average Bonchev–Trinajstić information content (AvgIpc) is 2.59. The smallest absolute Gasteiger partial charge is 0.0526 e. The van der Waals surface area contributed by atoms with Crippen molar-refractivity contribution in [3.63, 3.8) is 0 Å². The van der Waals surface area contributed by atoms with E-state index in [0.29, 0.717) is 17.9 Å². The molecule has 1 nitrogen and oxygen atoms in total. The van der Waals surface area contributed by atoms with Crippen LogP contribution in [0.5, 0.6) is 0 Å². The predicted octanol–water partition coefficient (Wildman–Crippen LogP) is 3.43. The lowest BCUT2D eigenvalue weighted by atomic mass is 9.81. The van der Waals surface area contributed by atoms with E-state index in [4.69, 9.17) is 0 Å². The van der Waals surface area contributed by atoms with Crippen molar-refractivity contribution >= 4 is 5.70 Å².